The number of hydrogen-bond acceptors (Lipinski definition) is 2. The number of methoxy groups -OCH3 is 1. The quantitative estimate of drug-likeness (QED) is 0.668. The van der Waals surface area contributed by atoms with Gasteiger partial charge in [-0.15, -0.1) is 0 Å². The average Bonchev–Trinajstić information content (AvgIpc) is 2.23. The molecule has 1 aromatic carbocycles. The summed E-state index contributed by atoms with van der Waals surface area (Å²) in [5, 5.41) is 2.19. The van der Waals surface area contributed by atoms with E-state index in [-0.39, 0.29) is 0 Å². The van der Waals surface area contributed by atoms with Crippen LogP contribution in [0.4, 0.5) is 0 Å². The molecule has 0 heterocycles. The van der Waals surface area contributed by atoms with Crippen LogP contribution in [0.15, 0.2) is 24.3 Å². The fraction of sp³-hybridized carbons (Fsp3) is 0.500. The summed E-state index contributed by atoms with van der Waals surface area (Å²) in [5.74, 6) is 0.954. The predicted molar refractivity (Wildman–Crippen MR) is 60.2 cm³/mol. The van der Waals surface area contributed by atoms with Gasteiger partial charge in [0.1, 0.15) is 18.9 Å². The molecule has 0 aromatic heterocycles. The number of nitrogens with two attached hydrogens (primary N) is 1. The molecule has 0 bridgehead atoms. The Kier molecular flexibility index (Phi) is 5.81. The minimum atomic E-state index is 0.743. The van der Waals surface area contributed by atoms with Gasteiger partial charge in [0.2, 0.25) is 0 Å². The van der Waals surface area contributed by atoms with Crippen molar-refractivity contribution in [1.29, 1.82) is 0 Å². The van der Waals surface area contributed by atoms with E-state index in [9.17, 15) is 0 Å². The van der Waals surface area contributed by atoms with Crippen molar-refractivity contribution in [2.75, 3.05) is 33.4 Å². The first-order valence-corrected chi connectivity index (χ1v) is 5.33. The highest BCUT2D eigenvalue weighted by Crippen LogP contribution is 2.11. The van der Waals surface area contributed by atoms with Gasteiger partial charge in [0.05, 0.1) is 13.2 Å². The van der Waals surface area contributed by atoms with E-state index in [0.717, 1.165) is 32.1 Å². The van der Waals surface area contributed by atoms with Crippen LogP contribution in [-0.2, 0) is 4.74 Å². The van der Waals surface area contributed by atoms with Gasteiger partial charge < -0.3 is 14.8 Å². The lowest BCUT2D eigenvalue weighted by Gasteiger charge is -2.05. The summed E-state index contributed by atoms with van der Waals surface area (Å²) < 4.78 is 10.5. The third-order valence-electron chi connectivity index (χ3n) is 2.11. The Morgan fingerprint density at radius 2 is 2.00 bits per heavy atom. The van der Waals surface area contributed by atoms with Gasteiger partial charge in [0.25, 0.3) is 0 Å². The zero-order valence-electron chi connectivity index (χ0n) is 9.53. The average molecular weight is 210 g/mol. The zero-order valence-corrected chi connectivity index (χ0v) is 9.53. The monoisotopic (exact) mass is 210 g/mol. The fourth-order valence-corrected chi connectivity index (χ4v) is 1.31. The molecule has 0 saturated carbocycles. The summed E-state index contributed by atoms with van der Waals surface area (Å²) in [4.78, 5) is 0. The van der Waals surface area contributed by atoms with Crippen LogP contribution in [0, 0.1) is 6.92 Å². The van der Waals surface area contributed by atoms with Gasteiger partial charge >= 0.3 is 0 Å². The predicted octanol–water partition coefficient (Wildman–Crippen LogP) is 0.584. The van der Waals surface area contributed by atoms with Crippen LogP contribution in [-0.4, -0.2) is 33.4 Å². The highest BCUT2D eigenvalue weighted by atomic mass is 16.5. The van der Waals surface area contributed by atoms with E-state index in [1.807, 2.05) is 12.1 Å². The molecular formula is C12H20NO2+. The summed E-state index contributed by atoms with van der Waals surface area (Å²) in [6, 6.07) is 8.12. The van der Waals surface area contributed by atoms with Crippen LogP contribution >= 0.6 is 0 Å². The van der Waals surface area contributed by atoms with Gasteiger partial charge in [-0.2, -0.15) is 0 Å². The highest BCUT2D eigenvalue weighted by molar-refractivity contribution is 5.27. The van der Waals surface area contributed by atoms with Gasteiger partial charge in [-0.1, -0.05) is 12.1 Å². The molecule has 0 amide bonds. The lowest BCUT2D eigenvalue weighted by molar-refractivity contribution is -0.656. The second kappa shape index (κ2) is 7.26. The third-order valence-corrected chi connectivity index (χ3v) is 2.11. The Labute approximate surface area is 91.4 Å². The molecule has 15 heavy (non-hydrogen) atoms. The highest BCUT2D eigenvalue weighted by Gasteiger charge is 1.94. The zero-order chi connectivity index (χ0) is 10.9. The molecule has 1 aromatic rings. The van der Waals surface area contributed by atoms with Crippen molar-refractivity contribution >= 4 is 0 Å². The lowest BCUT2D eigenvalue weighted by Crippen LogP contribution is -2.86. The number of benzene rings is 1. The molecule has 2 N–H and O–H groups in total. The maximum absolute atomic E-state index is 5.59. The van der Waals surface area contributed by atoms with E-state index >= 15 is 0 Å². The van der Waals surface area contributed by atoms with Crippen molar-refractivity contribution < 1.29 is 14.8 Å². The SMILES string of the molecule is COCC[NH2+]CCOc1cccc(C)c1. The van der Waals surface area contributed by atoms with Gasteiger partial charge in [-0.3, -0.25) is 0 Å². The van der Waals surface area contributed by atoms with Gasteiger partial charge in [0, 0.05) is 7.11 Å². The maximum Gasteiger partial charge on any atom is 0.137 e. The van der Waals surface area contributed by atoms with E-state index in [2.05, 4.69) is 24.4 Å². The second-order valence-electron chi connectivity index (χ2n) is 3.52. The van der Waals surface area contributed by atoms with Crippen molar-refractivity contribution in [2.45, 2.75) is 6.92 Å². The molecule has 1 rings (SSSR count). The van der Waals surface area contributed by atoms with E-state index < -0.39 is 0 Å². The normalized spacial score (nSPS) is 10.3. The van der Waals surface area contributed by atoms with E-state index in [1.165, 1.54) is 5.56 Å². The molecule has 0 aliphatic rings. The van der Waals surface area contributed by atoms with Crippen molar-refractivity contribution in [3.05, 3.63) is 29.8 Å². The molecule has 0 aliphatic carbocycles. The minimum absolute atomic E-state index is 0.743. The molecule has 0 fully saturated rings. The topological polar surface area (TPSA) is 35.1 Å². The minimum Gasteiger partial charge on any atom is -0.488 e. The van der Waals surface area contributed by atoms with Gasteiger partial charge in [0.15, 0.2) is 0 Å². The van der Waals surface area contributed by atoms with Crippen LogP contribution in [0.1, 0.15) is 5.56 Å². The first-order valence-electron chi connectivity index (χ1n) is 5.33. The van der Waals surface area contributed by atoms with Crippen molar-refractivity contribution in [3.63, 3.8) is 0 Å². The number of quaternary nitrogens is 1. The Hall–Kier alpha value is -1.06. The molecule has 0 aliphatic heterocycles. The van der Waals surface area contributed by atoms with Crippen LogP contribution in [0.5, 0.6) is 5.75 Å². The van der Waals surface area contributed by atoms with Crippen molar-refractivity contribution in [1.82, 2.24) is 0 Å². The van der Waals surface area contributed by atoms with Crippen LogP contribution in [0.2, 0.25) is 0 Å². The second-order valence-corrected chi connectivity index (χ2v) is 3.52. The Balaban J connectivity index is 2.10. The number of aryl methyl sites for hydroxylation is 1. The molecule has 0 spiro atoms. The lowest BCUT2D eigenvalue weighted by atomic mass is 10.2. The first kappa shape index (κ1) is 12.0. The van der Waals surface area contributed by atoms with E-state index in [4.69, 9.17) is 9.47 Å². The fourth-order valence-electron chi connectivity index (χ4n) is 1.31. The largest absolute Gasteiger partial charge is 0.488 e. The summed E-state index contributed by atoms with van der Waals surface area (Å²) in [6.45, 7) is 5.57. The molecule has 3 nitrogen and oxygen atoms in total. The summed E-state index contributed by atoms with van der Waals surface area (Å²) in [6.07, 6.45) is 0. The van der Waals surface area contributed by atoms with Crippen molar-refractivity contribution in [2.24, 2.45) is 0 Å². The van der Waals surface area contributed by atoms with Crippen molar-refractivity contribution in [3.8, 4) is 5.75 Å². The summed E-state index contributed by atoms with van der Waals surface area (Å²) in [5.41, 5.74) is 1.23. The summed E-state index contributed by atoms with van der Waals surface area (Å²) >= 11 is 0. The maximum atomic E-state index is 5.59. The smallest absolute Gasteiger partial charge is 0.137 e. The number of ether oxygens (including phenoxy) is 2. The van der Waals surface area contributed by atoms with Gasteiger partial charge in [-0.25, -0.2) is 0 Å². The summed E-state index contributed by atoms with van der Waals surface area (Å²) in [7, 11) is 1.72. The molecule has 0 radical (unpaired) electrons. The number of rotatable bonds is 7. The molecule has 84 valence electrons. The van der Waals surface area contributed by atoms with E-state index in [1.54, 1.807) is 7.11 Å². The molecule has 0 unspecified atom stereocenters. The molecular weight excluding hydrogens is 190 g/mol. The van der Waals surface area contributed by atoms with Crippen LogP contribution in [0.3, 0.4) is 0 Å². The third kappa shape index (κ3) is 5.40. The van der Waals surface area contributed by atoms with Crippen LogP contribution in [0.25, 0.3) is 0 Å². The Bertz CT molecular complexity index is 276. The molecule has 3 heteroatoms. The number of hydrogen-bond donors (Lipinski definition) is 1. The van der Waals surface area contributed by atoms with Gasteiger partial charge in [-0.05, 0) is 24.6 Å². The Morgan fingerprint density at radius 1 is 1.20 bits per heavy atom. The molecule has 0 atom stereocenters. The standard InChI is InChI=1S/C12H19NO2/c1-11-4-3-5-12(10-11)15-9-7-13-6-8-14-2/h3-5,10,13H,6-9H2,1-2H3/p+1. The first-order chi connectivity index (χ1) is 7.33. The molecule has 0 saturated heterocycles. The Morgan fingerprint density at radius 3 is 2.73 bits per heavy atom. The van der Waals surface area contributed by atoms with Crippen LogP contribution < -0.4 is 10.1 Å². The van der Waals surface area contributed by atoms with E-state index in [0.29, 0.717) is 0 Å².